The number of carboxylic acids is 1. The van der Waals surface area contributed by atoms with E-state index in [0.717, 1.165) is 5.56 Å². The van der Waals surface area contributed by atoms with E-state index in [9.17, 15) is 14.4 Å². The maximum atomic E-state index is 12.0. The summed E-state index contributed by atoms with van der Waals surface area (Å²) in [4.78, 5) is 34.7. The van der Waals surface area contributed by atoms with Gasteiger partial charge in [-0.2, -0.15) is 0 Å². The number of carboxylic acid groups (broad SMARTS) is 1. The average molecular weight is 363 g/mol. The number of hydrazine groups is 1. The molecule has 7 N–H and O–H groups in total. The first-order valence-electron chi connectivity index (χ1n) is 8.30. The standard InChI is InChI=1S/C17H25N5O4/c18-17(19)20-9-5-4-8-14(23)21-22-15(24)10-13(11-16(25)26)12-6-2-1-3-7-12/h1-3,6-7,13H,4-5,8-11H2,(H,21,23)(H,22,24)(H,25,26)(H4,18,19,20). The molecule has 1 aromatic rings. The van der Waals surface area contributed by atoms with Crippen molar-refractivity contribution in [2.24, 2.45) is 5.73 Å². The van der Waals surface area contributed by atoms with Gasteiger partial charge in [0.15, 0.2) is 5.96 Å². The number of hydrogen-bond donors (Lipinski definition) is 6. The third-order valence-electron chi connectivity index (χ3n) is 3.61. The van der Waals surface area contributed by atoms with Crippen molar-refractivity contribution >= 4 is 23.7 Å². The van der Waals surface area contributed by atoms with Crippen LogP contribution in [0.1, 0.15) is 43.6 Å². The molecule has 0 aliphatic heterocycles. The highest BCUT2D eigenvalue weighted by molar-refractivity contribution is 5.82. The van der Waals surface area contributed by atoms with Crippen LogP contribution in [-0.2, 0) is 14.4 Å². The molecule has 9 heteroatoms. The Balaban J connectivity index is 2.35. The summed E-state index contributed by atoms with van der Waals surface area (Å²) in [7, 11) is 0. The van der Waals surface area contributed by atoms with Gasteiger partial charge in [-0.05, 0) is 18.4 Å². The minimum atomic E-state index is -0.991. The molecule has 0 heterocycles. The van der Waals surface area contributed by atoms with Crippen LogP contribution in [-0.4, -0.2) is 35.4 Å². The van der Waals surface area contributed by atoms with Gasteiger partial charge in [-0.3, -0.25) is 30.6 Å². The number of nitrogens with one attached hydrogen (secondary N) is 4. The van der Waals surface area contributed by atoms with Crippen LogP contribution in [0, 0.1) is 5.41 Å². The van der Waals surface area contributed by atoms with E-state index in [-0.39, 0.29) is 31.1 Å². The molecule has 0 saturated carbocycles. The Morgan fingerprint density at radius 2 is 1.69 bits per heavy atom. The quantitative estimate of drug-likeness (QED) is 0.153. The number of rotatable bonds is 10. The molecule has 0 fully saturated rings. The summed E-state index contributed by atoms with van der Waals surface area (Å²) in [6, 6.07) is 8.92. The average Bonchev–Trinajstić information content (AvgIpc) is 2.59. The first-order chi connectivity index (χ1) is 12.4. The van der Waals surface area contributed by atoms with Crippen molar-refractivity contribution in [1.82, 2.24) is 16.2 Å². The highest BCUT2D eigenvalue weighted by Gasteiger charge is 2.19. The highest BCUT2D eigenvalue weighted by atomic mass is 16.4. The monoisotopic (exact) mass is 363 g/mol. The molecule has 0 bridgehead atoms. The van der Waals surface area contributed by atoms with Crippen molar-refractivity contribution in [2.45, 2.75) is 38.0 Å². The van der Waals surface area contributed by atoms with Gasteiger partial charge in [0.05, 0.1) is 6.42 Å². The Morgan fingerprint density at radius 3 is 2.31 bits per heavy atom. The van der Waals surface area contributed by atoms with Crippen LogP contribution in [0.3, 0.4) is 0 Å². The molecule has 1 aromatic carbocycles. The predicted octanol–water partition coefficient (Wildman–Crippen LogP) is 0.436. The smallest absolute Gasteiger partial charge is 0.303 e. The molecule has 26 heavy (non-hydrogen) atoms. The summed E-state index contributed by atoms with van der Waals surface area (Å²) in [5.74, 6) is -2.36. The van der Waals surface area contributed by atoms with Gasteiger partial charge in [0.25, 0.3) is 0 Å². The van der Waals surface area contributed by atoms with Crippen LogP contribution in [0.15, 0.2) is 30.3 Å². The van der Waals surface area contributed by atoms with Crippen LogP contribution >= 0.6 is 0 Å². The summed E-state index contributed by atoms with van der Waals surface area (Å²) in [6.45, 7) is 0.503. The van der Waals surface area contributed by atoms with Gasteiger partial charge < -0.3 is 16.2 Å². The second-order valence-electron chi connectivity index (χ2n) is 5.80. The number of unbranched alkanes of at least 4 members (excludes halogenated alkanes) is 1. The molecular weight excluding hydrogens is 338 g/mol. The van der Waals surface area contributed by atoms with Crippen molar-refractivity contribution in [3.8, 4) is 0 Å². The molecule has 0 spiro atoms. The molecule has 1 unspecified atom stereocenters. The lowest BCUT2D eigenvalue weighted by molar-refractivity contribution is -0.137. The second-order valence-corrected chi connectivity index (χ2v) is 5.80. The van der Waals surface area contributed by atoms with E-state index >= 15 is 0 Å². The molecule has 0 aliphatic carbocycles. The van der Waals surface area contributed by atoms with Crippen molar-refractivity contribution < 1.29 is 19.5 Å². The molecule has 0 saturated heterocycles. The summed E-state index contributed by atoms with van der Waals surface area (Å²) < 4.78 is 0. The zero-order valence-electron chi connectivity index (χ0n) is 14.5. The van der Waals surface area contributed by atoms with Gasteiger partial charge in [-0.15, -0.1) is 0 Å². The Bertz CT molecular complexity index is 621. The second kappa shape index (κ2) is 11.5. The van der Waals surface area contributed by atoms with Crippen LogP contribution in [0.5, 0.6) is 0 Å². The maximum absolute atomic E-state index is 12.0. The predicted molar refractivity (Wildman–Crippen MR) is 96.1 cm³/mol. The lowest BCUT2D eigenvalue weighted by atomic mass is 9.92. The molecule has 142 valence electrons. The Labute approximate surface area is 151 Å². The Morgan fingerprint density at radius 1 is 1.04 bits per heavy atom. The van der Waals surface area contributed by atoms with Crippen LogP contribution in [0.4, 0.5) is 0 Å². The lowest BCUT2D eigenvalue weighted by Crippen LogP contribution is -2.42. The Hall–Kier alpha value is -3.10. The van der Waals surface area contributed by atoms with Gasteiger partial charge in [-0.25, -0.2) is 0 Å². The molecule has 1 atom stereocenters. The zero-order chi connectivity index (χ0) is 19.4. The van der Waals surface area contributed by atoms with E-state index in [1.54, 1.807) is 24.3 Å². The first kappa shape index (κ1) is 20.9. The fourth-order valence-electron chi connectivity index (χ4n) is 2.35. The fraction of sp³-hybridized carbons (Fsp3) is 0.412. The van der Waals surface area contributed by atoms with Gasteiger partial charge >= 0.3 is 5.97 Å². The van der Waals surface area contributed by atoms with Gasteiger partial charge in [-0.1, -0.05) is 30.3 Å². The van der Waals surface area contributed by atoms with Crippen molar-refractivity contribution in [2.75, 3.05) is 6.54 Å². The third kappa shape index (κ3) is 9.26. The van der Waals surface area contributed by atoms with E-state index in [4.69, 9.17) is 16.2 Å². The van der Waals surface area contributed by atoms with E-state index in [0.29, 0.717) is 19.4 Å². The minimum absolute atomic E-state index is 0.0425. The molecular formula is C17H25N5O4. The fourth-order valence-corrected chi connectivity index (χ4v) is 2.35. The number of nitrogens with two attached hydrogens (primary N) is 1. The minimum Gasteiger partial charge on any atom is -0.481 e. The number of benzene rings is 1. The van der Waals surface area contributed by atoms with Gasteiger partial charge in [0, 0.05) is 25.3 Å². The first-order valence-corrected chi connectivity index (χ1v) is 8.30. The van der Waals surface area contributed by atoms with Crippen LogP contribution < -0.4 is 21.9 Å². The molecule has 0 aliphatic rings. The van der Waals surface area contributed by atoms with E-state index in [1.165, 1.54) is 0 Å². The molecule has 9 nitrogen and oxygen atoms in total. The highest BCUT2D eigenvalue weighted by Crippen LogP contribution is 2.23. The number of carbonyl (C=O) groups excluding carboxylic acids is 2. The zero-order valence-corrected chi connectivity index (χ0v) is 14.5. The molecule has 2 amide bonds. The summed E-state index contributed by atoms with van der Waals surface area (Å²) in [6.07, 6.45) is 1.24. The normalized spacial score (nSPS) is 11.2. The lowest BCUT2D eigenvalue weighted by Gasteiger charge is -2.15. The van der Waals surface area contributed by atoms with E-state index < -0.39 is 17.8 Å². The summed E-state index contributed by atoms with van der Waals surface area (Å²) >= 11 is 0. The number of amides is 2. The topological polar surface area (TPSA) is 157 Å². The number of carbonyl (C=O) groups is 3. The number of hydrogen-bond acceptors (Lipinski definition) is 4. The summed E-state index contributed by atoms with van der Waals surface area (Å²) in [5.41, 5.74) is 10.5. The van der Waals surface area contributed by atoms with Crippen molar-refractivity contribution in [3.05, 3.63) is 35.9 Å². The van der Waals surface area contributed by atoms with Crippen molar-refractivity contribution in [1.29, 1.82) is 5.41 Å². The Kier molecular flexibility index (Phi) is 9.23. The number of guanidine groups is 1. The molecule has 0 radical (unpaired) electrons. The van der Waals surface area contributed by atoms with Crippen molar-refractivity contribution in [3.63, 3.8) is 0 Å². The largest absolute Gasteiger partial charge is 0.481 e. The summed E-state index contributed by atoms with van der Waals surface area (Å²) in [5, 5.41) is 18.6. The molecule has 0 aromatic heterocycles. The third-order valence-corrected chi connectivity index (χ3v) is 3.61. The van der Waals surface area contributed by atoms with Gasteiger partial charge in [0.2, 0.25) is 11.8 Å². The van der Waals surface area contributed by atoms with E-state index in [2.05, 4.69) is 16.2 Å². The maximum Gasteiger partial charge on any atom is 0.303 e. The van der Waals surface area contributed by atoms with E-state index in [1.807, 2.05) is 6.07 Å². The van der Waals surface area contributed by atoms with Crippen LogP contribution in [0.25, 0.3) is 0 Å². The SMILES string of the molecule is N=C(N)NCCCCC(=O)NNC(=O)CC(CC(=O)O)c1ccccc1. The van der Waals surface area contributed by atoms with Gasteiger partial charge in [0.1, 0.15) is 0 Å². The number of aliphatic carboxylic acids is 1. The molecule has 1 rings (SSSR count). The van der Waals surface area contributed by atoms with Crippen LogP contribution in [0.2, 0.25) is 0 Å².